The van der Waals surface area contributed by atoms with Crippen LogP contribution >= 0.6 is 15.9 Å². The van der Waals surface area contributed by atoms with Gasteiger partial charge in [0.05, 0.1) is 29.7 Å². The number of carboxylic acid groups (broad SMARTS) is 1. The van der Waals surface area contributed by atoms with Crippen molar-refractivity contribution in [1.29, 1.82) is 0 Å². The van der Waals surface area contributed by atoms with Crippen LogP contribution in [0.5, 0.6) is 0 Å². The van der Waals surface area contributed by atoms with Gasteiger partial charge in [-0.25, -0.2) is 13.4 Å². The van der Waals surface area contributed by atoms with E-state index in [4.69, 9.17) is 6.42 Å². The number of terminal acetylenes is 1. The lowest BCUT2D eigenvalue weighted by Crippen LogP contribution is -2.36. The summed E-state index contributed by atoms with van der Waals surface area (Å²) >= 11 is 3.29. The van der Waals surface area contributed by atoms with Gasteiger partial charge in [0, 0.05) is 21.3 Å². The molecule has 0 aliphatic carbocycles. The molecule has 0 unspecified atom stereocenters. The molecule has 0 amide bonds. The third kappa shape index (κ3) is 5.16. The van der Waals surface area contributed by atoms with E-state index in [-0.39, 0.29) is 17.9 Å². The van der Waals surface area contributed by atoms with Gasteiger partial charge in [-0.05, 0) is 31.2 Å². The Morgan fingerprint density at radius 3 is 2.48 bits per heavy atom. The molecule has 1 aromatic heterocycles. The summed E-state index contributed by atoms with van der Waals surface area (Å²) in [6.07, 6.45) is 6.81. The van der Waals surface area contributed by atoms with Crippen LogP contribution in [0, 0.1) is 12.3 Å². The molecule has 0 bridgehead atoms. The molecule has 2 N–H and O–H groups in total. The highest BCUT2D eigenvalue weighted by Gasteiger charge is 2.22. The number of nitrogens with zero attached hydrogens (tertiary/aromatic N) is 2. The third-order valence-corrected chi connectivity index (χ3v) is 6.59. The Hall–Kier alpha value is -3.09. The van der Waals surface area contributed by atoms with E-state index in [2.05, 4.69) is 31.6 Å². The quantitative estimate of drug-likeness (QED) is 0.450. The number of rotatable bonds is 8. The minimum Gasteiger partial charge on any atom is -0.481 e. The number of benzene rings is 2. The van der Waals surface area contributed by atoms with Crippen LogP contribution < -0.4 is 9.62 Å². The number of hydrogen-bond donors (Lipinski definition) is 2. The Bertz CT molecular complexity index is 1250. The van der Waals surface area contributed by atoms with E-state index in [1.807, 2.05) is 0 Å². The van der Waals surface area contributed by atoms with Gasteiger partial charge in [0.25, 0.3) is 10.0 Å². The first kappa shape index (κ1) is 22.6. The summed E-state index contributed by atoms with van der Waals surface area (Å²) in [6.45, 7) is 1.92. The van der Waals surface area contributed by atoms with Gasteiger partial charge in [-0.2, -0.15) is 0 Å². The lowest BCUT2D eigenvalue weighted by molar-refractivity contribution is -0.137. The maximum Gasteiger partial charge on any atom is 0.305 e. The number of anilines is 2. The first-order valence-electron chi connectivity index (χ1n) is 9.31. The smallest absolute Gasteiger partial charge is 0.305 e. The van der Waals surface area contributed by atoms with Crippen LogP contribution in [-0.4, -0.2) is 37.1 Å². The third-order valence-electron chi connectivity index (χ3n) is 4.68. The van der Waals surface area contributed by atoms with Crippen molar-refractivity contribution in [3.05, 3.63) is 59.2 Å². The maximum atomic E-state index is 12.9. The molecule has 7 nitrogen and oxygen atoms in total. The van der Waals surface area contributed by atoms with Crippen molar-refractivity contribution in [2.45, 2.75) is 24.3 Å². The van der Waals surface area contributed by atoms with Crippen LogP contribution in [-0.2, 0) is 14.8 Å². The maximum absolute atomic E-state index is 12.9. The molecule has 2 aromatic carbocycles. The largest absolute Gasteiger partial charge is 0.481 e. The van der Waals surface area contributed by atoms with Crippen LogP contribution in [0.4, 0.5) is 11.5 Å². The topological polar surface area (TPSA) is 99.6 Å². The van der Waals surface area contributed by atoms with Crippen LogP contribution in [0.1, 0.15) is 13.3 Å². The molecule has 0 fully saturated rings. The summed E-state index contributed by atoms with van der Waals surface area (Å²) in [5.74, 6) is 2.09. The zero-order valence-corrected chi connectivity index (χ0v) is 19.0. The van der Waals surface area contributed by atoms with Gasteiger partial charge < -0.3 is 10.0 Å². The monoisotopic (exact) mass is 501 g/mol. The highest BCUT2D eigenvalue weighted by Crippen LogP contribution is 2.32. The number of pyridine rings is 1. The Balaban J connectivity index is 2.06. The fraction of sp³-hybridized carbons (Fsp3) is 0.182. The number of carbonyl (C=O) groups is 1. The fourth-order valence-electron chi connectivity index (χ4n) is 3.21. The van der Waals surface area contributed by atoms with E-state index in [0.717, 1.165) is 4.47 Å². The zero-order chi connectivity index (χ0) is 22.6. The fourth-order valence-corrected chi connectivity index (χ4v) is 4.53. The minimum atomic E-state index is -3.83. The second-order valence-corrected chi connectivity index (χ2v) is 9.48. The number of nitrogens with one attached hydrogen (secondary N) is 1. The van der Waals surface area contributed by atoms with E-state index >= 15 is 0 Å². The van der Waals surface area contributed by atoms with Gasteiger partial charge in [0.2, 0.25) is 0 Å². The lowest BCUT2D eigenvalue weighted by atomic mass is 10.1. The molecule has 0 aliphatic heterocycles. The first-order valence-corrected chi connectivity index (χ1v) is 11.6. The van der Waals surface area contributed by atoms with Gasteiger partial charge in [-0.1, -0.05) is 46.1 Å². The highest BCUT2D eigenvalue weighted by molar-refractivity contribution is 9.10. The van der Waals surface area contributed by atoms with Crippen molar-refractivity contribution in [2.24, 2.45) is 0 Å². The van der Waals surface area contributed by atoms with Crippen molar-refractivity contribution < 1.29 is 18.3 Å². The second kappa shape index (κ2) is 9.37. The number of aromatic nitrogens is 1. The predicted octanol–water partition coefficient (Wildman–Crippen LogP) is 4.10. The van der Waals surface area contributed by atoms with E-state index in [9.17, 15) is 18.3 Å². The van der Waals surface area contributed by atoms with Crippen molar-refractivity contribution in [3.8, 4) is 12.3 Å². The number of sulfonamides is 1. The van der Waals surface area contributed by atoms with Gasteiger partial charge in [-0.15, -0.1) is 6.42 Å². The Kier molecular flexibility index (Phi) is 6.83. The Labute approximate surface area is 189 Å². The van der Waals surface area contributed by atoms with Crippen molar-refractivity contribution in [2.75, 3.05) is 16.2 Å². The van der Waals surface area contributed by atoms with Crippen LogP contribution in [0.2, 0.25) is 0 Å². The van der Waals surface area contributed by atoms with E-state index in [0.29, 0.717) is 22.3 Å². The van der Waals surface area contributed by atoms with E-state index in [1.54, 1.807) is 48.2 Å². The molecule has 0 spiro atoms. The summed E-state index contributed by atoms with van der Waals surface area (Å²) < 4.78 is 29.1. The van der Waals surface area contributed by atoms with E-state index in [1.165, 1.54) is 18.3 Å². The molecular weight excluding hydrogens is 482 g/mol. The van der Waals surface area contributed by atoms with Crippen LogP contribution in [0.15, 0.2) is 64.1 Å². The minimum absolute atomic E-state index is 0.115. The van der Waals surface area contributed by atoms with E-state index < -0.39 is 22.0 Å². The standard InChI is InChI=1S/C22H20BrN3O4S/c1-3-12-26(15(2)13-21(27)28)22-19-7-5-4-6-18(19)20(14-24-22)25-31(29,30)17-10-8-16(23)9-11-17/h1,4-11,14-15,25H,12-13H2,2H3,(H,27,28)/t15-/m0/s1. The van der Waals surface area contributed by atoms with Crippen molar-refractivity contribution in [1.82, 2.24) is 4.98 Å². The predicted molar refractivity (Wildman–Crippen MR) is 125 cm³/mol. The number of aliphatic carboxylic acids is 1. The van der Waals surface area contributed by atoms with Crippen LogP contribution in [0.25, 0.3) is 10.8 Å². The molecule has 9 heteroatoms. The average molecular weight is 502 g/mol. The summed E-state index contributed by atoms with van der Waals surface area (Å²) in [7, 11) is -3.83. The normalized spacial score (nSPS) is 12.2. The molecule has 0 radical (unpaired) electrons. The second-order valence-electron chi connectivity index (χ2n) is 6.88. The van der Waals surface area contributed by atoms with Crippen LogP contribution in [0.3, 0.4) is 0 Å². The molecule has 3 rings (SSSR count). The molecular formula is C22H20BrN3O4S. The summed E-state index contributed by atoms with van der Waals surface area (Å²) in [5, 5.41) is 10.5. The molecule has 0 saturated carbocycles. The van der Waals surface area contributed by atoms with Crippen molar-refractivity contribution in [3.63, 3.8) is 0 Å². The number of hydrogen-bond acceptors (Lipinski definition) is 5. The molecule has 0 aliphatic rings. The lowest BCUT2D eigenvalue weighted by Gasteiger charge is -2.29. The molecule has 0 saturated heterocycles. The van der Waals surface area contributed by atoms with Gasteiger partial charge in [0.15, 0.2) is 0 Å². The molecule has 1 atom stereocenters. The van der Waals surface area contributed by atoms with Gasteiger partial charge >= 0.3 is 5.97 Å². The Morgan fingerprint density at radius 2 is 1.87 bits per heavy atom. The molecule has 1 heterocycles. The van der Waals surface area contributed by atoms with Gasteiger partial charge in [0.1, 0.15) is 5.82 Å². The summed E-state index contributed by atoms with van der Waals surface area (Å²) in [6, 6.07) is 13.0. The molecule has 3 aromatic rings. The SMILES string of the molecule is C#CCN(c1ncc(NS(=O)(=O)c2ccc(Br)cc2)c2ccccc12)[C@@H](C)CC(=O)O. The average Bonchev–Trinajstić information content (AvgIpc) is 2.72. The summed E-state index contributed by atoms with van der Waals surface area (Å²) in [5.41, 5.74) is 0.314. The Morgan fingerprint density at radius 1 is 1.23 bits per heavy atom. The number of fused-ring (bicyclic) bond motifs is 1. The summed E-state index contributed by atoms with van der Waals surface area (Å²) in [4.78, 5) is 17.5. The molecule has 31 heavy (non-hydrogen) atoms. The van der Waals surface area contributed by atoms with Gasteiger partial charge in [-0.3, -0.25) is 9.52 Å². The first-order chi connectivity index (χ1) is 14.7. The zero-order valence-electron chi connectivity index (χ0n) is 16.6. The molecule has 160 valence electrons. The van der Waals surface area contributed by atoms with Crippen molar-refractivity contribution >= 4 is 54.2 Å². The number of carboxylic acids is 1. The highest BCUT2D eigenvalue weighted by atomic mass is 79.9. The number of halogens is 1.